The van der Waals surface area contributed by atoms with E-state index in [0.717, 1.165) is 0 Å². The third-order valence-electron chi connectivity index (χ3n) is 3.84. The maximum atomic E-state index is 12.0. The fraction of sp³-hybridized carbons (Fsp3) is 0.533. The highest BCUT2D eigenvalue weighted by Crippen LogP contribution is 2.35. The Labute approximate surface area is 124 Å². The average Bonchev–Trinajstić information content (AvgIpc) is 2.78. The SMILES string of the molecule is CC(C)(C)c1ccc(N2CC(CN)CC2=O)cc1[N+](=O)[O-]. The van der Waals surface area contributed by atoms with Crippen LogP contribution in [0, 0.1) is 16.0 Å². The van der Waals surface area contributed by atoms with Gasteiger partial charge in [-0.05, 0) is 30.0 Å². The topological polar surface area (TPSA) is 89.5 Å². The molecule has 1 atom stereocenters. The fourth-order valence-corrected chi connectivity index (χ4v) is 2.66. The normalized spacial score (nSPS) is 19.1. The van der Waals surface area contributed by atoms with E-state index in [-0.39, 0.29) is 27.9 Å². The van der Waals surface area contributed by atoms with Gasteiger partial charge in [0.05, 0.1) is 10.6 Å². The first-order chi connectivity index (χ1) is 9.74. The molecule has 1 aliphatic rings. The zero-order chi connectivity index (χ0) is 15.8. The van der Waals surface area contributed by atoms with Crippen LogP contribution < -0.4 is 10.6 Å². The molecule has 0 radical (unpaired) electrons. The van der Waals surface area contributed by atoms with E-state index in [1.807, 2.05) is 20.8 Å². The molecular weight excluding hydrogens is 270 g/mol. The van der Waals surface area contributed by atoms with Crippen molar-refractivity contribution in [2.24, 2.45) is 11.7 Å². The second-order valence-electron chi connectivity index (χ2n) is 6.52. The summed E-state index contributed by atoms with van der Waals surface area (Å²) >= 11 is 0. The van der Waals surface area contributed by atoms with Gasteiger partial charge >= 0.3 is 0 Å². The first-order valence-corrected chi connectivity index (χ1v) is 7.03. The minimum atomic E-state index is -0.384. The van der Waals surface area contributed by atoms with E-state index in [4.69, 9.17) is 5.73 Å². The number of hydrogen-bond acceptors (Lipinski definition) is 4. The number of nitrogens with zero attached hydrogens (tertiary/aromatic N) is 2. The van der Waals surface area contributed by atoms with Crippen LogP contribution in [-0.4, -0.2) is 23.9 Å². The van der Waals surface area contributed by atoms with Crippen LogP contribution >= 0.6 is 0 Å². The van der Waals surface area contributed by atoms with Crippen LogP contribution in [0.4, 0.5) is 11.4 Å². The van der Waals surface area contributed by atoms with Gasteiger partial charge in [0.25, 0.3) is 5.69 Å². The van der Waals surface area contributed by atoms with Gasteiger partial charge in [-0.3, -0.25) is 14.9 Å². The molecule has 0 saturated carbocycles. The molecule has 6 heteroatoms. The summed E-state index contributed by atoms with van der Waals surface area (Å²) < 4.78 is 0. The monoisotopic (exact) mass is 291 g/mol. The summed E-state index contributed by atoms with van der Waals surface area (Å²) in [6, 6.07) is 5.03. The van der Waals surface area contributed by atoms with Crippen LogP contribution in [0.5, 0.6) is 0 Å². The van der Waals surface area contributed by atoms with Crippen molar-refractivity contribution >= 4 is 17.3 Å². The molecule has 0 spiro atoms. The summed E-state index contributed by atoms with van der Waals surface area (Å²) in [6.45, 7) is 6.77. The van der Waals surface area contributed by atoms with Crippen LogP contribution in [-0.2, 0) is 10.2 Å². The first-order valence-electron chi connectivity index (χ1n) is 7.03. The molecule has 21 heavy (non-hydrogen) atoms. The van der Waals surface area contributed by atoms with Gasteiger partial charge in [-0.1, -0.05) is 20.8 Å². The predicted molar refractivity (Wildman–Crippen MR) is 81.3 cm³/mol. The lowest BCUT2D eigenvalue weighted by Crippen LogP contribution is -2.26. The van der Waals surface area contributed by atoms with Crippen molar-refractivity contribution < 1.29 is 9.72 Å². The van der Waals surface area contributed by atoms with Crippen molar-refractivity contribution in [3.63, 3.8) is 0 Å². The van der Waals surface area contributed by atoms with Crippen LogP contribution in [0.3, 0.4) is 0 Å². The van der Waals surface area contributed by atoms with Crippen LogP contribution in [0.2, 0.25) is 0 Å². The summed E-state index contributed by atoms with van der Waals surface area (Å²) in [6.07, 6.45) is 0.408. The minimum absolute atomic E-state index is 0.0248. The second-order valence-corrected chi connectivity index (χ2v) is 6.52. The molecule has 1 unspecified atom stereocenters. The largest absolute Gasteiger partial charge is 0.330 e. The highest BCUT2D eigenvalue weighted by Gasteiger charge is 2.32. The summed E-state index contributed by atoms with van der Waals surface area (Å²) in [5, 5.41) is 11.3. The standard InChI is InChI=1S/C15H21N3O3/c1-15(2,3)12-5-4-11(7-13(12)18(20)21)17-9-10(8-16)6-14(17)19/h4-5,7,10H,6,8-9,16H2,1-3H3. The molecule has 1 aliphatic heterocycles. The Balaban J connectivity index is 2.42. The number of rotatable bonds is 3. The van der Waals surface area contributed by atoms with Crippen molar-refractivity contribution in [2.45, 2.75) is 32.6 Å². The fourth-order valence-electron chi connectivity index (χ4n) is 2.66. The molecule has 1 amide bonds. The molecule has 1 fully saturated rings. The van der Waals surface area contributed by atoms with E-state index in [1.165, 1.54) is 6.07 Å². The third kappa shape index (κ3) is 3.05. The smallest absolute Gasteiger partial charge is 0.275 e. The van der Waals surface area contributed by atoms with Crippen molar-refractivity contribution in [1.82, 2.24) is 0 Å². The molecule has 6 nitrogen and oxygen atoms in total. The Hall–Kier alpha value is -1.95. The Morgan fingerprint density at radius 1 is 1.43 bits per heavy atom. The molecule has 1 aromatic carbocycles. The van der Waals surface area contributed by atoms with Gasteiger partial charge in [-0.25, -0.2) is 0 Å². The lowest BCUT2D eigenvalue weighted by Gasteiger charge is -2.22. The van der Waals surface area contributed by atoms with E-state index in [9.17, 15) is 14.9 Å². The first kappa shape index (κ1) is 15.4. The quantitative estimate of drug-likeness (QED) is 0.683. The number of anilines is 1. The lowest BCUT2D eigenvalue weighted by atomic mass is 9.85. The number of hydrogen-bond donors (Lipinski definition) is 1. The van der Waals surface area contributed by atoms with Gasteiger partial charge in [0.15, 0.2) is 0 Å². The van der Waals surface area contributed by atoms with Crippen LogP contribution in [0.1, 0.15) is 32.8 Å². The van der Waals surface area contributed by atoms with E-state index < -0.39 is 0 Å². The molecule has 0 aromatic heterocycles. The number of benzene rings is 1. The summed E-state index contributed by atoms with van der Waals surface area (Å²) in [5.74, 6) is 0.0992. The van der Waals surface area contributed by atoms with Crippen LogP contribution in [0.25, 0.3) is 0 Å². The van der Waals surface area contributed by atoms with E-state index in [0.29, 0.717) is 30.8 Å². The zero-order valence-electron chi connectivity index (χ0n) is 12.6. The summed E-state index contributed by atoms with van der Waals surface area (Å²) in [4.78, 5) is 24.5. The number of nitro groups is 1. The number of carbonyl (C=O) groups is 1. The van der Waals surface area contributed by atoms with Gasteiger partial charge in [0, 0.05) is 24.6 Å². The molecule has 114 valence electrons. The van der Waals surface area contributed by atoms with Crippen molar-refractivity contribution in [1.29, 1.82) is 0 Å². The molecular formula is C15H21N3O3. The van der Waals surface area contributed by atoms with E-state index in [1.54, 1.807) is 17.0 Å². The molecule has 2 rings (SSSR count). The van der Waals surface area contributed by atoms with Gasteiger partial charge in [0.1, 0.15) is 0 Å². The molecule has 0 aliphatic carbocycles. The lowest BCUT2D eigenvalue weighted by molar-refractivity contribution is -0.385. The number of amides is 1. The van der Waals surface area contributed by atoms with E-state index >= 15 is 0 Å². The van der Waals surface area contributed by atoms with Gasteiger partial charge in [0.2, 0.25) is 5.91 Å². The molecule has 2 N–H and O–H groups in total. The zero-order valence-corrected chi connectivity index (χ0v) is 12.6. The van der Waals surface area contributed by atoms with Crippen molar-refractivity contribution in [3.05, 3.63) is 33.9 Å². The Morgan fingerprint density at radius 3 is 2.57 bits per heavy atom. The average molecular weight is 291 g/mol. The van der Waals surface area contributed by atoms with Crippen molar-refractivity contribution in [3.8, 4) is 0 Å². The van der Waals surface area contributed by atoms with Gasteiger partial charge in [-0.2, -0.15) is 0 Å². The number of nitrogens with two attached hydrogens (primary N) is 1. The molecule has 1 aromatic rings. The maximum absolute atomic E-state index is 12.0. The molecule has 1 heterocycles. The second kappa shape index (κ2) is 5.44. The Kier molecular flexibility index (Phi) is 4.00. The summed E-state index contributed by atoms with van der Waals surface area (Å²) in [7, 11) is 0. The number of carbonyl (C=O) groups excluding carboxylic acids is 1. The van der Waals surface area contributed by atoms with Crippen LogP contribution in [0.15, 0.2) is 18.2 Å². The van der Waals surface area contributed by atoms with E-state index in [2.05, 4.69) is 0 Å². The van der Waals surface area contributed by atoms with Crippen molar-refractivity contribution in [2.75, 3.05) is 18.0 Å². The minimum Gasteiger partial charge on any atom is -0.330 e. The van der Waals surface area contributed by atoms with Gasteiger partial charge in [-0.15, -0.1) is 0 Å². The molecule has 1 saturated heterocycles. The third-order valence-corrected chi connectivity index (χ3v) is 3.84. The van der Waals surface area contributed by atoms with Gasteiger partial charge < -0.3 is 10.6 Å². The highest BCUT2D eigenvalue weighted by atomic mass is 16.6. The maximum Gasteiger partial charge on any atom is 0.275 e. The Bertz CT molecular complexity index is 578. The molecule has 0 bridgehead atoms. The number of nitro benzene ring substituents is 1. The Morgan fingerprint density at radius 2 is 2.10 bits per heavy atom. The summed E-state index contributed by atoms with van der Waals surface area (Å²) in [5.41, 5.74) is 6.59. The predicted octanol–water partition coefficient (Wildman–Crippen LogP) is 2.20. The highest BCUT2D eigenvalue weighted by molar-refractivity contribution is 5.96.